The fourth-order valence-corrected chi connectivity index (χ4v) is 4.59. The first kappa shape index (κ1) is 22.1. The van der Waals surface area contributed by atoms with Crippen LogP contribution >= 0.6 is 11.8 Å². The lowest BCUT2D eigenvalue weighted by Gasteiger charge is -2.09. The number of benzene rings is 1. The Labute approximate surface area is 179 Å². The van der Waals surface area contributed by atoms with E-state index in [0.717, 1.165) is 26.2 Å². The third-order valence-electron chi connectivity index (χ3n) is 4.38. The highest BCUT2D eigenvalue weighted by Gasteiger charge is 2.22. The number of nitrogens with zero attached hydrogens (tertiary/aromatic N) is 2. The van der Waals surface area contributed by atoms with Crippen molar-refractivity contribution in [1.29, 1.82) is 0 Å². The number of hydrogen-bond acceptors (Lipinski definition) is 8. The zero-order valence-electron chi connectivity index (χ0n) is 17.0. The minimum atomic E-state index is -3.68. The standard InChI is InChI=1S/C20H22N2O6S2/c1-13-17(14(2)28-21-13)12-29-18-8-6-5-7-16(18)20(23)26-11-15-9-10-19(27-15)30(24,25)22(3)4/h5-10H,11-12H2,1-4H3. The van der Waals surface area contributed by atoms with Crippen molar-refractivity contribution in [2.75, 3.05) is 14.1 Å². The number of furan rings is 1. The molecule has 0 amide bonds. The lowest BCUT2D eigenvalue weighted by Crippen LogP contribution is -2.21. The van der Waals surface area contributed by atoms with Crippen molar-refractivity contribution in [3.05, 3.63) is 64.7 Å². The zero-order chi connectivity index (χ0) is 21.9. The minimum absolute atomic E-state index is 0.176. The molecule has 30 heavy (non-hydrogen) atoms. The number of sulfonamides is 1. The summed E-state index contributed by atoms with van der Waals surface area (Å²) < 4.78 is 41.0. The van der Waals surface area contributed by atoms with Crippen molar-refractivity contribution in [2.45, 2.75) is 36.2 Å². The van der Waals surface area contributed by atoms with Gasteiger partial charge in [-0.1, -0.05) is 17.3 Å². The topological polar surface area (TPSA) is 103 Å². The lowest BCUT2D eigenvalue weighted by molar-refractivity contribution is 0.0436. The van der Waals surface area contributed by atoms with Gasteiger partial charge in [0.25, 0.3) is 10.0 Å². The van der Waals surface area contributed by atoms with E-state index in [0.29, 0.717) is 11.3 Å². The van der Waals surface area contributed by atoms with E-state index in [1.54, 1.807) is 12.1 Å². The third-order valence-corrected chi connectivity index (χ3v) is 7.17. The predicted molar refractivity (Wildman–Crippen MR) is 111 cm³/mol. The molecule has 0 saturated carbocycles. The molecule has 0 spiro atoms. The van der Waals surface area contributed by atoms with E-state index in [-0.39, 0.29) is 17.5 Å². The molecular weight excluding hydrogens is 428 g/mol. The Morgan fingerprint density at radius 3 is 2.57 bits per heavy atom. The van der Waals surface area contributed by atoms with Gasteiger partial charge >= 0.3 is 5.97 Å². The van der Waals surface area contributed by atoms with Crippen LogP contribution < -0.4 is 0 Å². The fraction of sp³-hybridized carbons (Fsp3) is 0.300. The second-order valence-electron chi connectivity index (χ2n) is 6.67. The molecule has 10 heteroatoms. The Morgan fingerprint density at radius 2 is 1.90 bits per heavy atom. The molecule has 0 aliphatic rings. The van der Waals surface area contributed by atoms with Crippen LogP contribution in [0.5, 0.6) is 0 Å². The second-order valence-corrected chi connectivity index (χ2v) is 9.77. The number of ether oxygens (including phenoxy) is 1. The maximum atomic E-state index is 12.6. The monoisotopic (exact) mass is 450 g/mol. The second kappa shape index (κ2) is 9.07. The molecule has 0 fully saturated rings. The van der Waals surface area contributed by atoms with Gasteiger partial charge in [0.1, 0.15) is 18.1 Å². The number of aromatic nitrogens is 1. The van der Waals surface area contributed by atoms with E-state index >= 15 is 0 Å². The summed E-state index contributed by atoms with van der Waals surface area (Å²) in [6.45, 7) is 3.55. The summed E-state index contributed by atoms with van der Waals surface area (Å²) in [6, 6.07) is 9.94. The van der Waals surface area contributed by atoms with Crippen molar-refractivity contribution in [1.82, 2.24) is 9.46 Å². The number of carbonyl (C=O) groups excluding carboxylic acids is 1. The molecule has 2 aromatic heterocycles. The third kappa shape index (κ3) is 4.77. The van der Waals surface area contributed by atoms with Gasteiger partial charge < -0.3 is 13.7 Å². The maximum absolute atomic E-state index is 12.6. The van der Waals surface area contributed by atoms with Gasteiger partial charge in [0, 0.05) is 30.3 Å². The molecule has 3 rings (SSSR count). The van der Waals surface area contributed by atoms with Crippen LogP contribution in [0.25, 0.3) is 0 Å². The molecule has 0 unspecified atom stereocenters. The highest BCUT2D eigenvalue weighted by Crippen LogP contribution is 2.29. The molecular formula is C20H22N2O6S2. The predicted octanol–water partition coefficient (Wildman–Crippen LogP) is 3.78. The molecule has 0 aliphatic carbocycles. The molecule has 0 aliphatic heterocycles. The van der Waals surface area contributed by atoms with Crippen LogP contribution in [0.2, 0.25) is 0 Å². The summed E-state index contributed by atoms with van der Waals surface area (Å²) in [7, 11) is -0.857. The summed E-state index contributed by atoms with van der Waals surface area (Å²) in [5, 5.41) is 3.74. The number of hydrogen-bond donors (Lipinski definition) is 0. The SMILES string of the molecule is Cc1noc(C)c1CSc1ccccc1C(=O)OCc1ccc(S(=O)(=O)N(C)C)o1. The number of aryl methyl sites for hydroxylation is 2. The summed E-state index contributed by atoms with van der Waals surface area (Å²) >= 11 is 1.48. The van der Waals surface area contributed by atoms with Crippen molar-refractivity contribution < 1.29 is 26.9 Å². The molecule has 160 valence electrons. The maximum Gasteiger partial charge on any atom is 0.339 e. The van der Waals surface area contributed by atoms with Gasteiger partial charge in [-0.2, -0.15) is 0 Å². The van der Waals surface area contributed by atoms with E-state index in [1.165, 1.54) is 38.0 Å². The smallest absolute Gasteiger partial charge is 0.339 e. The van der Waals surface area contributed by atoms with Gasteiger partial charge in [-0.05, 0) is 38.1 Å². The summed E-state index contributed by atoms with van der Waals surface area (Å²) in [5.41, 5.74) is 2.23. The quantitative estimate of drug-likeness (QED) is 0.377. The van der Waals surface area contributed by atoms with E-state index in [1.807, 2.05) is 26.0 Å². The first-order valence-corrected chi connectivity index (χ1v) is 11.4. The summed E-state index contributed by atoms with van der Waals surface area (Å²) in [4.78, 5) is 13.4. The molecule has 0 N–H and O–H groups in total. The van der Waals surface area contributed by atoms with Crippen LogP contribution in [0.15, 0.2) is 55.3 Å². The molecule has 2 heterocycles. The van der Waals surface area contributed by atoms with Crippen LogP contribution in [-0.2, 0) is 27.1 Å². The Balaban J connectivity index is 1.67. The Bertz CT molecular complexity index is 1130. The molecule has 0 radical (unpaired) electrons. The molecule has 0 bridgehead atoms. The molecule has 0 saturated heterocycles. The van der Waals surface area contributed by atoms with Gasteiger partial charge in [-0.15, -0.1) is 11.8 Å². The van der Waals surface area contributed by atoms with Crippen molar-refractivity contribution >= 4 is 27.8 Å². The van der Waals surface area contributed by atoms with Gasteiger partial charge in [0.15, 0.2) is 0 Å². The van der Waals surface area contributed by atoms with Crippen LogP contribution in [0, 0.1) is 13.8 Å². The fourth-order valence-electron chi connectivity index (χ4n) is 2.59. The largest absolute Gasteiger partial charge is 0.454 e. The van der Waals surface area contributed by atoms with E-state index in [4.69, 9.17) is 13.7 Å². The average Bonchev–Trinajstić information content (AvgIpc) is 3.32. The first-order valence-electron chi connectivity index (χ1n) is 9.02. The van der Waals surface area contributed by atoms with Crippen molar-refractivity contribution in [3.63, 3.8) is 0 Å². The Kier molecular flexibility index (Phi) is 6.69. The molecule has 3 aromatic rings. The number of carbonyl (C=O) groups is 1. The minimum Gasteiger partial charge on any atom is -0.454 e. The van der Waals surface area contributed by atoms with Gasteiger partial charge in [-0.3, -0.25) is 0 Å². The summed E-state index contributed by atoms with van der Waals surface area (Å²) in [6.07, 6.45) is 0. The zero-order valence-corrected chi connectivity index (χ0v) is 18.7. The highest BCUT2D eigenvalue weighted by molar-refractivity contribution is 7.98. The molecule has 0 atom stereocenters. The number of thioether (sulfide) groups is 1. The summed E-state index contributed by atoms with van der Waals surface area (Å²) in [5.74, 6) is 1.08. The number of esters is 1. The Hall–Kier alpha value is -2.56. The lowest BCUT2D eigenvalue weighted by atomic mass is 10.2. The normalized spacial score (nSPS) is 11.8. The van der Waals surface area contributed by atoms with E-state index < -0.39 is 16.0 Å². The van der Waals surface area contributed by atoms with E-state index in [2.05, 4.69) is 5.16 Å². The van der Waals surface area contributed by atoms with Crippen LogP contribution in [-0.4, -0.2) is 37.9 Å². The molecule has 8 nitrogen and oxygen atoms in total. The van der Waals surface area contributed by atoms with Crippen molar-refractivity contribution in [3.8, 4) is 0 Å². The van der Waals surface area contributed by atoms with E-state index in [9.17, 15) is 13.2 Å². The first-order chi connectivity index (χ1) is 14.2. The van der Waals surface area contributed by atoms with Gasteiger partial charge in [0.2, 0.25) is 5.09 Å². The molecule has 1 aromatic carbocycles. The van der Waals surface area contributed by atoms with Crippen molar-refractivity contribution in [2.24, 2.45) is 0 Å². The van der Waals surface area contributed by atoms with Crippen LogP contribution in [0.1, 0.15) is 33.1 Å². The number of rotatable bonds is 8. The van der Waals surface area contributed by atoms with Gasteiger partial charge in [0.05, 0.1) is 11.3 Å². The highest BCUT2D eigenvalue weighted by atomic mass is 32.2. The van der Waals surface area contributed by atoms with Crippen LogP contribution in [0.3, 0.4) is 0 Å². The van der Waals surface area contributed by atoms with Crippen LogP contribution in [0.4, 0.5) is 0 Å². The average molecular weight is 451 g/mol. The Morgan fingerprint density at radius 1 is 1.17 bits per heavy atom. The van der Waals surface area contributed by atoms with Gasteiger partial charge in [-0.25, -0.2) is 17.5 Å².